The van der Waals surface area contributed by atoms with Crippen molar-refractivity contribution >= 4 is 23.8 Å². The van der Waals surface area contributed by atoms with Crippen LogP contribution in [0.5, 0.6) is 5.75 Å². The van der Waals surface area contributed by atoms with Gasteiger partial charge in [-0.2, -0.15) is 5.10 Å². The lowest BCUT2D eigenvalue weighted by Gasteiger charge is -2.14. The van der Waals surface area contributed by atoms with E-state index in [0.717, 1.165) is 22.4 Å². The number of amides is 1. The van der Waals surface area contributed by atoms with Crippen LogP contribution in [0.4, 0.5) is 5.69 Å². The molecule has 0 aliphatic heterocycles. The molecule has 0 radical (unpaired) electrons. The quantitative estimate of drug-likeness (QED) is 0.353. The fraction of sp³-hybridized carbons (Fsp3) is 0.130. The molecule has 162 valence electrons. The first-order chi connectivity index (χ1) is 15.6. The Bertz CT molecular complexity index is 1250. The number of H-pyrrole nitrogens is 1. The van der Waals surface area contributed by atoms with Gasteiger partial charge in [0.15, 0.2) is 12.4 Å². The molecule has 2 heterocycles. The Hall–Kier alpha value is -3.98. The van der Waals surface area contributed by atoms with Crippen LogP contribution in [0.25, 0.3) is 11.4 Å². The van der Waals surface area contributed by atoms with Crippen molar-refractivity contribution in [2.45, 2.75) is 13.5 Å². The number of anilines is 1. The lowest BCUT2D eigenvalue weighted by molar-refractivity contribution is -0.118. The summed E-state index contributed by atoms with van der Waals surface area (Å²) in [6.07, 6.45) is 3.39. The van der Waals surface area contributed by atoms with Gasteiger partial charge in [0.1, 0.15) is 5.75 Å². The summed E-state index contributed by atoms with van der Waals surface area (Å²) in [6.45, 7) is 2.32. The van der Waals surface area contributed by atoms with Crippen LogP contribution in [0.1, 0.15) is 11.1 Å². The van der Waals surface area contributed by atoms with E-state index in [1.54, 1.807) is 17.1 Å². The lowest BCUT2D eigenvalue weighted by atomic mass is 10.2. The zero-order chi connectivity index (χ0) is 22.3. The number of aromatic amines is 1. The van der Waals surface area contributed by atoms with Crippen molar-refractivity contribution in [2.24, 2.45) is 0 Å². The molecule has 4 rings (SSSR count). The van der Waals surface area contributed by atoms with Crippen molar-refractivity contribution in [3.8, 4) is 17.1 Å². The summed E-state index contributed by atoms with van der Waals surface area (Å²) in [5, 5.41) is 9.93. The number of para-hydroxylation sites is 1. The number of carbonyl (C=O) groups is 1. The number of nitrogens with one attached hydrogen (secondary N) is 3. The van der Waals surface area contributed by atoms with E-state index in [1.165, 1.54) is 0 Å². The Morgan fingerprint density at radius 1 is 1.09 bits per heavy atom. The van der Waals surface area contributed by atoms with E-state index in [0.29, 0.717) is 22.9 Å². The smallest absolute Gasteiger partial charge is 0.262 e. The molecular weight excluding hydrogens is 424 g/mol. The molecule has 32 heavy (non-hydrogen) atoms. The predicted molar refractivity (Wildman–Crippen MR) is 125 cm³/mol. The molecule has 1 amide bonds. The van der Waals surface area contributed by atoms with Gasteiger partial charge in [0.25, 0.3) is 5.91 Å². The molecule has 3 N–H and O–H groups in total. The summed E-state index contributed by atoms with van der Waals surface area (Å²) < 4.78 is 7.93. The minimum absolute atomic E-state index is 0.0989. The number of pyridine rings is 1. The van der Waals surface area contributed by atoms with E-state index >= 15 is 0 Å². The van der Waals surface area contributed by atoms with Crippen LogP contribution in [-0.4, -0.2) is 32.4 Å². The highest BCUT2D eigenvalue weighted by atomic mass is 32.1. The van der Waals surface area contributed by atoms with Crippen LogP contribution < -0.4 is 15.5 Å². The second-order valence-corrected chi connectivity index (χ2v) is 7.46. The van der Waals surface area contributed by atoms with E-state index in [1.807, 2.05) is 67.6 Å². The Morgan fingerprint density at radius 3 is 2.62 bits per heavy atom. The lowest BCUT2D eigenvalue weighted by Crippen LogP contribution is -2.21. The number of hydrogen-bond acceptors (Lipinski definition) is 6. The molecule has 2 aromatic heterocycles. The topological polar surface area (TPSA) is 96.9 Å². The first-order valence-electron chi connectivity index (χ1n) is 9.99. The van der Waals surface area contributed by atoms with Crippen molar-refractivity contribution in [3.63, 3.8) is 0 Å². The van der Waals surface area contributed by atoms with E-state index in [2.05, 4.69) is 25.9 Å². The van der Waals surface area contributed by atoms with Gasteiger partial charge in [-0.1, -0.05) is 35.9 Å². The second kappa shape index (κ2) is 9.88. The number of hydrogen-bond donors (Lipinski definition) is 3. The number of aryl methyl sites for hydroxylation is 1. The zero-order valence-electron chi connectivity index (χ0n) is 17.4. The standard InChI is InChI=1S/C23H22N6O2S/c1-16-6-8-19(9-7-16)26-21(30)15-31-20-5-3-2-4-18(20)14-25-29-22(27-28-23(29)32)17-10-12-24-13-11-17/h2-13,25H,14-15H2,1H3,(H,26,30)(H,28,32). The summed E-state index contributed by atoms with van der Waals surface area (Å²) in [7, 11) is 0. The molecule has 0 atom stereocenters. The molecule has 8 nitrogen and oxygen atoms in total. The molecule has 0 spiro atoms. The normalized spacial score (nSPS) is 10.5. The fourth-order valence-electron chi connectivity index (χ4n) is 3.07. The third-order valence-electron chi connectivity index (χ3n) is 4.71. The molecular formula is C23H22N6O2S. The second-order valence-electron chi connectivity index (χ2n) is 7.07. The summed E-state index contributed by atoms with van der Waals surface area (Å²) in [4.78, 5) is 16.3. The van der Waals surface area contributed by atoms with Crippen LogP contribution in [0.2, 0.25) is 0 Å². The average Bonchev–Trinajstić information content (AvgIpc) is 3.19. The first-order valence-corrected chi connectivity index (χ1v) is 10.4. The Balaban J connectivity index is 1.41. The zero-order valence-corrected chi connectivity index (χ0v) is 18.2. The minimum atomic E-state index is -0.228. The molecule has 0 aliphatic rings. The Labute approximate surface area is 190 Å². The number of nitrogens with zero attached hydrogens (tertiary/aromatic N) is 3. The number of rotatable bonds is 8. The van der Waals surface area contributed by atoms with Crippen molar-refractivity contribution in [1.29, 1.82) is 0 Å². The molecule has 2 aromatic carbocycles. The number of aromatic nitrogens is 4. The van der Waals surface area contributed by atoms with Crippen LogP contribution >= 0.6 is 12.2 Å². The summed E-state index contributed by atoms with van der Waals surface area (Å²) in [6, 6.07) is 18.8. The molecule has 0 saturated carbocycles. The highest BCUT2D eigenvalue weighted by Gasteiger charge is 2.11. The number of benzene rings is 2. The fourth-order valence-corrected chi connectivity index (χ4v) is 3.27. The summed E-state index contributed by atoms with van der Waals surface area (Å²) >= 11 is 5.36. The van der Waals surface area contributed by atoms with Crippen molar-refractivity contribution in [3.05, 3.63) is 89.0 Å². The molecule has 0 aliphatic carbocycles. The Morgan fingerprint density at radius 2 is 1.84 bits per heavy atom. The van der Waals surface area contributed by atoms with E-state index in [9.17, 15) is 4.79 Å². The third kappa shape index (κ3) is 5.19. The summed E-state index contributed by atoms with van der Waals surface area (Å²) in [5.41, 5.74) is 6.88. The van der Waals surface area contributed by atoms with Crippen molar-refractivity contribution in [1.82, 2.24) is 19.9 Å². The van der Waals surface area contributed by atoms with Gasteiger partial charge >= 0.3 is 0 Å². The van der Waals surface area contributed by atoms with Gasteiger partial charge in [0.2, 0.25) is 4.77 Å². The van der Waals surface area contributed by atoms with E-state index < -0.39 is 0 Å². The van der Waals surface area contributed by atoms with Gasteiger partial charge in [0.05, 0.1) is 6.54 Å². The maximum Gasteiger partial charge on any atom is 0.262 e. The van der Waals surface area contributed by atoms with E-state index in [-0.39, 0.29) is 12.5 Å². The van der Waals surface area contributed by atoms with Crippen molar-refractivity contribution in [2.75, 3.05) is 17.3 Å². The minimum Gasteiger partial charge on any atom is -0.483 e. The highest BCUT2D eigenvalue weighted by molar-refractivity contribution is 7.71. The molecule has 0 fully saturated rings. The molecule has 0 unspecified atom stereocenters. The summed E-state index contributed by atoms with van der Waals surface area (Å²) in [5.74, 6) is 1.03. The van der Waals surface area contributed by atoms with Gasteiger partial charge in [-0.15, -0.1) is 0 Å². The van der Waals surface area contributed by atoms with Gasteiger partial charge < -0.3 is 15.5 Å². The monoisotopic (exact) mass is 446 g/mol. The number of ether oxygens (including phenoxy) is 1. The Kier molecular flexibility index (Phi) is 6.57. The van der Waals surface area contributed by atoms with Gasteiger partial charge in [-0.05, 0) is 49.5 Å². The first kappa shape index (κ1) is 21.3. The average molecular weight is 447 g/mol. The molecule has 0 saturated heterocycles. The van der Waals surface area contributed by atoms with Crippen molar-refractivity contribution < 1.29 is 9.53 Å². The van der Waals surface area contributed by atoms with Gasteiger partial charge in [0, 0.05) is 29.2 Å². The molecule has 4 aromatic rings. The predicted octanol–water partition coefficient (Wildman–Crippen LogP) is 4.07. The largest absolute Gasteiger partial charge is 0.483 e. The molecule has 9 heteroatoms. The van der Waals surface area contributed by atoms with Crippen LogP contribution in [0.3, 0.4) is 0 Å². The maximum absolute atomic E-state index is 12.3. The van der Waals surface area contributed by atoms with Crippen LogP contribution in [0, 0.1) is 11.7 Å². The van der Waals surface area contributed by atoms with Crippen LogP contribution in [0.15, 0.2) is 73.1 Å². The SMILES string of the molecule is Cc1ccc(NC(=O)COc2ccccc2CNn2c(-c3ccncc3)n[nH]c2=S)cc1. The molecule has 0 bridgehead atoms. The van der Waals surface area contributed by atoms with E-state index in [4.69, 9.17) is 17.0 Å². The van der Waals surface area contributed by atoms with Gasteiger partial charge in [-0.3, -0.25) is 9.78 Å². The van der Waals surface area contributed by atoms with Gasteiger partial charge in [-0.25, -0.2) is 9.77 Å². The maximum atomic E-state index is 12.3. The number of carbonyl (C=O) groups excluding carboxylic acids is 1. The highest BCUT2D eigenvalue weighted by Crippen LogP contribution is 2.20. The van der Waals surface area contributed by atoms with Crippen LogP contribution in [-0.2, 0) is 11.3 Å². The third-order valence-corrected chi connectivity index (χ3v) is 4.98.